The van der Waals surface area contributed by atoms with Crippen LogP contribution in [0.4, 0.5) is 0 Å². The number of carbonyl (C=O) groups is 1. The number of carbonyl (C=O) groups excluding carboxylic acids is 1. The van der Waals surface area contributed by atoms with Crippen molar-refractivity contribution in [1.82, 2.24) is 0 Å². The van der Waals surface area contributed by atoms with Gasteiger partial charge in [0.2, 0.25) is 0 Å². The van der Waals surface area contributed by atoms with Gasteiger partial charge in [0.1, 0.15) is 23.7 Å². The normalized spacial score (nSPS) is 11.0. The lowest BCUT2D eigenvalue weighted by Crippen LogP contribution is -2.06. The Labute approximate surface area is 155 Å². The molecular weight excluding hydrogens is 348 g/mol. The van der Waals surface area contributed by atoms with Crippen LogP contribution in [0.2, 0.25) is 0 Å². The minimum Gasteiger partial charge on any atom is -0.508 e. The van der Waals surface area contributed by atoms with E-state index in [1.807, 2.05) is 18.2 Å². The van der Waals surface area contributed by atoms with Crippen LogP contribution in [0.25, 0.3) is 17.0 Å². The molecule has 0 spiro atoms. The van der Waals surface area contributed by atoms with E-state index >= 15 is 0 Å². The zero-order valence-electron chi connectivity index (χ0n) is 14.9. The van der Waals surface area contributed by atoms with Crippen LogP contribution in [-0.4, -0.2) is 18.2 Å². The molecule has 0 atom stereocenters. The fourth-order valence-electron chi connectivity index (χ4n) is 2.64. The Morgan fingerprint density at radius 2 is 2.04 bits per heavy atom. The standard InChI is InChI=1S/C21H18O6/c1-13-18(22)8-7-17-15(11-20(24)27-21(13)17)12-26-19(23)9-6-14-4-3-5-16(10-14)25-2/h3-11,22H,12H2,1-2H3/b9-6+. The van der Waals surface area contributed by atoms with E-state index in [-0.39, 0.29) is 17.9 Å². The molecule has 0 radical (unpaired) electrons. The first-order chi connectivity index (χ1) is 13.0. The Kier molecular flexibility index (Phi) is 5.26. The first kappa shape index (κ1) is 18.3. The number of aromatic hydroxyl groups is 1. The molecule has 6 nitrogen and oxygen atoms in total. The highest BCUT2D eigenvalue weighted by Gasteiger charge is 2.11. The van der Waals surface area contributed by atoms with Crippen LogP contribution in [0.1, 0.15) is 16.7 Å². The maximum absolute atomic E-state index is 12.0. The van der Waals surface area contributed by atoms with Crippen molar-refractivity contribution in [3.05, 3.63) is 75.7 Å². The molecule has 27 heavy (non-hydrogen) atoms. The maximum atomic E-state index is 12.0. The van der Waals surface area contributed by atoms with Gasteiger partial charge in [-0.1, -0.05) is 12.1 Å². The zero-order valence-corrected chi connectivity index (χ0v) is 14.9. The van der Waals surface area contributed by atoms with Crippen molar-refractivity contribution in [2.45, 2.75) is 13.5 Å². The number of fused-ring (bicyclic) bond motifs is 1. The Morgan fingerprint density at radius 1 is 1.22 bits per heavy atom. The quantitative estimate of drug-likeness (QED) is 0.422. The van der Waals surface area contributed by atoms with Gasteiger partial charge in [0, 0.05) is 28.7 Å². The molecule has 0 fully saturated rings. The fourth-order valence-corrected chi connectivity index (χ4v) is 2.64. The molecule has 3 aromatic rings. The van der Waals surface area contributed by atoms with Gasteiger partial charge in [-0.25, -0.2) is 9.59 Å². The highest BCUT2D eigenvalue weighted by atomic mass is 16.5. The second kappa shape index (κ2) is 7.78. The van der Waals surface area contributed by atoms with E-state index in [0.29, 0.717) is 22.3 Å². The molecule has 1 aromatic heterocycles. The monoisotopic (exact) mass is 366 g/mol. The molecule has 3 rings (SSSR count). The molecule has 0 bridgehead atoms. The molecule has 1 N–H and O–H groups in total. The lowest BCUT2D eigenvalue weighted by atomic mass is 10.1. The molecular formula is C21H18O6. The summed E-state index contributed by atoms with van der Waals surface area (Å²) in [7, 11) is 1.57. The summed E-state index contributed by atoms with van der Waals surface area (Å²) in [5.41, 5.74) is 1.46. The fraction of sp³-hybridized carbons (Fsp3) is 0.143. The largest absolute Gasteiger partial charge is 0.508 e. The van der Waals surface area contributed by atoms with Crippen LogP contribution in [0.5, 0.6) is 11.5 Å². The first-order valence-corrected chi connectivity index (χ1v) is 8.22. The smallest absolute Gasteiger partial charge is 0.336 e. The molecule has 138 valence electrons. The average Bonchev–Trinajstić information content (AvgIpc) is 2.67. The van der Waals surface area contributed by atoms with Gasteiger partial charge in [-0.3, -0.25) is 0 Å². The summed E-state index contributed by atoms with van der Waals surface area (Å²) < 4.78 is 15.5. The van der Waals surface area contributed by atoms with Crippen molar-refractivity contribution in [3.8, 4) is 11.5 Å². The third-order valence-corrected chi connectivity index (χ3v) is 4.09. The number of aryl methyl sites for hydroxylation is 1. The molecule has 0 amide bonds. The van der Waals surface area contributed by atoms with Crippen molar-refractivity contribution in [2.24, 2.45) is 0 Å². The number of hydrogen-bond acceptors (Lipinski definition) is 6. The molecule has 2 aromatic carbocycles. The van der Waals surface area contributed by atoms with Crippen molar-refractivity contribution in [3.63, 3.8) is 0 Å². The summed E-state index contributed by atoms with van der Waals surface area (Å²) in [4.78, 5) is 23.8. The molecule has 0 aliphatic heterocycles. The average molecular weight is 366 g/mol. The van der Waals surface area contributed by atoms with Crippen molar-refractivity contribution in [2.75, 3.05) is 7.11 Å². The van der Waals surface area contributed by atoms with E-state index in [1.165, 1.54) is 18.2 Å². The number of phenols is 1. The minimum atomic E-state index is -0.575. The van der Waals surface area contributed by atoms with Gasteiger partial charge in [0.15, 0.2) is 0 Å². The number of hydrogen-bond donors (Lipinski definition) is 1. The molecule has 0 aliphatic carbocycles. The van der Waals surface area contributed by atoms with E-state index in [4.69, 9.17) is 13.9 Å². The topological polar surface area (TPSA) is 86.0 Å². The summed E-state index contributed by atoms with van der Waals surface area (Å²) in [6.45, 7) is 1.56. The predicted octanol–water partition coefficient (Wildman–Crippen LogP) is 3.57. The number of benzene rings is 2. The van der Waals surface area contributed by atoms with Gasteiger partial charge >= 0.3 is 11.6 Å². The SMILES string of the molecule is COc1cccc(/C=C/C(=O)OCc2cc(=O)oc3c(C)c(O)ccc23)c1. The van der Waals surface area contributed by atoms with Crippen LogP contribution in [0.15, 0.2) is 57.8 Å². The summed E-state index contributed by atoms with van der Waals surface area (Å²) in [5, 5.41) is 10.4. The number of rotatable bonds is 5. The van der Waals surface area contributed by atoms with E-state index in [0.717, 1.165) is 5.56 Å². The van der Waals surface area contributed by atoms with E-state index in [9.17, 15) is 14.7 Å². The van der Waals surface area contributed by atoms with Crippen LogP contribution >= 0.6 is 0 Å². The Morgan fingerprint density at radius 3 is 2.81 bits per heavy atom. The van der Waals surface area contributed by atoms with Crippen LogP contribution in [0, 0.1) is 6.92 Å². The van der Waals surface area contributed by atoms with Crippen LogP contribution in [-0.2, 0) is 16.1 Å². The van der Waals surface area contributed by atoms with Gasteiger partial charge in [0.05, 0.1) is 7.11 Å². The van der Waals surface area contributed by atoms with Crippen molar-refractivity contribution < 1.29 is 23.8 Å². The number of esters is 1. The van der Waals surface area contributed by atoms with Crippen LogP contribution < -0.4 is 10.4 Å². The minimum absolute atomic E-state index is 0.0287. The number of ether oxygens (including phenoxy) is 2. The first-order valence-electron chi connectivity index (χ1n) is 8.22. The second-order valence-corrected chi connectivity index (χ2v) is 5.89. The van der Waals surface area contributed by atoms with Gasteiger partial charge < -0.3 is 19.0 Å². The lowest BCUT2D eigenvalue weighted by molar-refractivity contribution is -0.138. The number of phenolic OH excluding ortho intramolecular Hbond substituents is 1. The number of methoxy groups -OCH3 is 1. The lowest BCUT2D eigenvalue weighted by Gasteiger charge is -2.08. The Balaban J connectivity index is 1.76. The molecule has 0 unspecified atom stereocenters. The second-order valence-electron chi connectivity index (χ2n) is 5.89. The van der Waals surface area contributed by atoms with Gasteiger partial charge in [-0.2, -0.15) is 0 Å². The van der Waals surface area contributed by atoms with E-state index < -0.39 is 11.6 Å². The zero-order chi connectivity index (χ0) is 19.4. The van der Waals surface area contributed by atoms with Gasteiger partial charge in [-0.15, -0.1) is 0 Å². The third kappa shape index (κ3) is 4.17. The van der Waals surface area contributed by atoms with E-state index in [1.54, 1.807) is 32.2 Å². The van der Waals surface area contributed by atoms with E-state index in [2.05, 4.69) is 0 Å². The molecule has 6 heteroatoms. The summed E-state index contributed by atoms with van der Waals surface area (Å²) in [6, 6.07) is 11.6. The van der Waals surface area contributed by atoms with Crippen LogP contribution in [0.3, 0.4) is 0 Å². The summed E-state index contributed by atoms with van der Waals surface area (Å²) in [6.07, 6.45) is 2.92. The summed E-state index contributed by atoms with van der Waals surface area (Å²) in [5.74, 6) is 0.169. The highest BCUT2D eigenvalue weighted by Crippen LogP contribution is 2.27. The molecule has 1 heterocycles. The Hall–Kier alpha value is -3.54. The Bertz CT molecular complexity index is 1080. The summed E-state index contributed by atoms with van der Waals surface area (Å²) >= 11 is 0. The van der Waals surface area contributed by atoms with Crippen molar-refractivity contribution in [1.29, 1.82) is 0 Å². The third-order valence-electron chi connectivity index (χ3n) is 4.09. The molecule has 0 saturated carbocycles. The van der Waals surface area contributed by atoms with Gasteiger partial charge in [0.25, 0.3) is 0 Å². The molecule has 0 aliphatic rings. The van der Waals surface area contributed by atoms with Crippen molar-refractivity contribution >= 4 is 23.0 Å². The predicted molar refractivity (Wildman–Crippen MR) is 101 cm³/mol. The highest BCUT2D eigenvalue weighted by molar-refractivity contribution is 5.88. The molecule has 0 saturated heterocycles. The maximum Gasteiger partial charge on any atom is 0.336 e. The van der Waals surface area contributed by atoms with Gasteiger partial charge in [-0.05, 0) is 42.8 Å².